The lowest BCUT2D eigenvalue weighted by molar-refractivity contribution is -0.146. The third kappa shape index (κ3) is 11.2. The van der Waals surface area contributed by atoms with Crippen molar-refractivity contribution in [1.82, 2.24) is 0 Å². The van der Waals surface area contributed by atoms with Gasteiger partial charge in [0.1, 0.15) is 6.61 Å². The minimum absolute atomic E-state index is 0.223. The van der Waals surface area contributed by atoms with Crippen LogP contribution in [-0.4, -0.2) is 18.5 Å². The molecule has 0 bridgehead atoms. The van der Waals surface area contributed by atoms with Crippen molar-refractivity contribution in [2.75, 3.05) is 6.61 Å². The fraction of sp³-hybridized carbons (Fsp3) is 0.600. The van der Waals surface area contributed by atoms with Crippen LogP contribution in [0.5, 0.6) is 0 Å². The third-order valence-electron chi connectivity index (χ3n) is 3.87. The fourth-order valence-corrected chi connectivity index (χ4v) is 2.91. The number of hydrogen-bond donors (Lipinski definition) is 0. The van der Waals surface area contributed by atoms with Crippen molar-refractivity contribution in [2.24, 2.45) is 0 Å². The van der Waals surface area contributed by atoms with Crippen molar-refractivity contribution in [3.63, 3.8) is 0 Å². The zero-order chi connectivity index (χ0) is 18.3. The molecule has 25 heavy (non-hydrogen) atoms. The van der Waals surface area contributed by atoms with Gasteiger partial charge >= 0.3 is 11.9 Å². The van der Waals surface area contributed by atoms with Crippen molar-refractivity contribution >= 4 is 34.5 Å². The van der Waals surface area contributed by atoms with E-state index in [1.165, 1.54) is 25.7 Å². The van der Waals surface area contributed by atoms with Gasteiger partial charge in [-0.15, -0.1) is 0 Å². The zero-order valence-electron chi connectivity index (χ0n) is 15.1. The number of esters is 2. The molecule has 0 fully saturated rings. The Morgan fingerprint density at radius 2 is 1.52 bits per heavy atom. The van der Waals surface area contributed by atoms with Gasteiger partial charge in [0.15, 0.2) is 0 Å². The quantitative estimate of drug-likeness (QED) is 0.225. The van der Waals surface area contributed by atoms with Crippen LogP contribution in [0.15, 0.2) is 24.3 Å². The summed E-state index contributed by atoms with van der Waals surface area (Å²) in [5.74, 6) is -0.498. The highest BCUT2D eigenvalue weighted by molar-refractivity contribution is 14.1. The first-order valence-corrected chi connectivity index (χ1v) is 10.3. The van der Waals surface area contributed by atoms with E-state index < -0.39 is 0 Å². The fourth-order valence-electron chi connectivity index (χ4n) is 2.36. The van der Waals surface area contributed by atoms with Crippen LogP contribution in [0.2, 0.25) is 0 Å². The average Bonchev–Trinajstić information content (AvgIpc) is 2.60. The highest BCUT2D eigenvalue weighted by Crippen LogP contribution is 2.13. The van der Waals surface area contributed by atoms with Gasteiger partial charge in [0.25, 0.3) is 0 Å². The van der Waals surface area contributed by atoms with Crippen LogP contribution in [0.4, 0.5) is 0 Å². The van der Waals surface area contributed by atoms with Crippen LogP contribution in [0, 0.1) is 3.57 Å². The second-order valence-electron chi connectivity index (χ2n) is 6.09. The predicted molar refractivity (Wildman–Crippen MR) is 107 cm³/mol. The molecule has 4 nitrogen and oxygen atoms in total. The van der Waals surface area contributed by atoms with Gasteiger partial charge in [0.05, 0.1) is 6.61 Å². The maximum absolute atomic E-state index is 11.7. The molecule has 1 aromatic carbocycles. The smallest absolute Gasteiger partial charge is 0.306 e. The molecule has 0 N–H and O–H groups in total. The maximum Gasteiger partial charge on any atom is 0.306 e. The summed E-state index contributed by atoms with van der Waals surface area (Å²) >= 11 is 2.22. The van der Waals surface area contributed by atoms with Gasteiger partial charge in [-0.3, -0.25) is 9.59 Å². The number of rotatable bonds is 13. The van der Waals surface area contributed by atoms with E-state index in [-0.39, 0.29) is 31.4 Å². The molecule has 0 aliphatic rings. The van der Waals surface area contributed by atoms with E-state index in [0.717, 1.165) is 22.0 Å². The van der Waals surface area contributed by atoms with E-state index >= 15 is 0 Å². The van der Waals surface area contributed by atoms with E-state index in [9.17, 15) is 9.59 Å². The second-order valence-corrected chi connectivity index (χ2v) is 7.26. The normalized spacial score (nSPS) is 10.5. The Balaban J connectivity index is 2.01. The monoisotopic (exact) mass is 460 g/mol. The first-order chi connectivity index (χ1) is 12.1. The number of ether oxygens (including phenoxy) is 2. The summed E-state index contributed by atoms with van der Waals surface area (Å²) in [4.78, 5) is 23.3. The van der Waals surface area contributed by atoms with E-state index in [1.807, 2.05) is 24.3 Å². The Labute approximate surface area is 164 Å². The summed E-state index contributed by atoms with van der Waals surface area (Å²) in [7, 11) is 0. The number of carbonyl (C=O) groups excluding carboxylic acids is 2. The van der Waals surface area contributed by atoms with Crippen molar-refractivity contribution < 1.29 is 19.1 Å². The topological polar surface area (TPSA) is 52.6 Å². The van der Waals surface area contributed by atoms with Gasteiger partial charge in [-0.1, -0.05) is 57.2 Å². The molecule has 0 aliphatic carbocycles. The molecular formula is C20H29IO4. The molecule has 0 aromatic heterocycles. The Bertz CT molecular complexity index is 516. The molecule has 0 unspecified atom stereocenters. The van der Waals surface area contributed by atoms with Crippen molar-refractivity contribution in [2.45, 2.75) is 71.3 Å². The number of benzene rings is 1. The average molecular weight is 460 g/mol. The minimum atomic E-state index is -0.275. The first kappa shape index (κ1) is 21.9. The van der Waals surface area contributed by atoms with Gasteiger partial charge in [-0.25, -0.2) is 0 Å². The van der Waals surface area contributed by atoms with Crippen molar-refractivity contribution in [1.29, 1.82) is 0 Å². The zero-order valence-corrected chi connectivity index (χ0v) is 17.3. The molecule has 0 aliphatic heterocycles. The first-order valence-electron chi connectivity index (χ1n) is 9.18. The van der Waals surface area contributed by atoms with Gasteiger partial charge in [0.2, 0.25) is 0 Å². The number of halogens is 1. The Hall–Kier alpha value is -1.11. The van der Waals surface area contributed by atoms with E-state index in [1.54, 1.807) is 0 Å². The van der Waals surface area contributed by atoms with Gasteiger partial charge in [0, 0.05) is 22.0 Å². The Morgan fingerprint density at radius 1 is 0.880 bits per heavy atom. The minimum Gasteiger partial charge on any atom is -0.466 e. The van der Waals surface area contributed by atoms with Crippen LogP contribution in [0.25, 0.3) is 0 Å². The molecule has 0 amide bonds. The molecular weight excluding hydrogens is 431 g/mol. The van der Waals surface area contributed by atoms with Crippen LogP contribution in [0.1, 0.15) is 70.3 Å². The van der Waals surface area contributed by atoms with E-state index in [0.29, 0.717) is 13.0 Å². The summed E-state index contributed by atoms with van der Waals surface area (Å²) < 4.78 is 11.5. The van der Waals surface area contributed by atoms with Crippen LogP contribution in [-0.2, 0) is 25.7 Å². The van der Waals surface area contributed by atoms with Crippen LogP contribution >= 0.6 is 22.6 Å². The number of unbranched alkanes of at least 4 members (excludes halogenated alkanes) is 5. The molecule has 140 valence electrons. The summed E-state index contributed by atoms with van der Waals surface area (Å²) in [6, 6.07) is 7.78. The highest BCUT2D eigenvalue weighted by atomic mass is 127. The molecule has 1 aromatic rings. The van der Waals surface area contributed by atoms with Gasteiger partial charge in [-0.2, -0.15) is 0 Å². The summed E-state index contributed by atoms with van der Waals surface area (Å²) in [6.07, 6.45) is 8.00. The molecule has 0 atom stereocenters. The Kier molecular flexibility index (Phi) is 12.4. The summed E-state index contributed by atoms with van der Waals surface area (Å²) in [5, 5.41) is 0. The molecule has 0 saturated carbocycles. The van der Waals surface area contributed by atoms with Crippen LogP contribution in [0.3, 0.4) is 0 Å². The summed E-state index contributed by atoms with van der Waals surface area (Å²) in [5.41, 5.74) is 0.995. The lowest BCUT2D eigenvalue weighted by Crippen LogP contribution is -2.09. The molecule has 0 saturated heterocycles. The molecule has 0 spiro atoms. The van der Waals surface area contributed by atoms with Gasteiger partial charge in [-0.05, 0) is 41.5 Å². The van der Waals surface area contributed by atoms with Crippen molar-refractivity contribution in [3.05, 3.63) is 33.4 Å². The molecule has 1 rings (SSSR count). The molecule has 0 heterocycles. The number of hydrogen-bond acceptors (Lipinski definition) is 4. The largest absolute Gasteiger partial charge is 0.466 e. The lowest BCUT2D eigenvalue weighted by Gasteiger charge is -2.07. The van der Waals surface area contributed by atoms with Gasteiger partial charge < -0.3 is 9.47 Å². The SMILES string of the molecule is CCCCCCCCOC(=O)CCCC(=O)OCc1ccccc1I. The second kappa shape index (κ2) is 14.1. The maximum atomic E-state index is 11.7. The standard InChI is InChI=1S/C20H29IO4/c1-2-3-4-5-6-9-15-24-19(22)13-10-14-20(23)25-16-17-11-7-8-12-18(17)21/h7-8,11-12H,2-6,9-10,13-16H2,1H3. The molecule has 5 heteroatoms. The predicted octanol–water partition coefficient (Wildman–Crippen LogP) is 5.41. The van der Waals surface area contributed by atoms with E-state index in [2.05, 4.69) is 29.5 Å². The lowest BCUT2D eigenvalue weighted by atomic mass is 10.1. The van der Waals surface area contributed by atoms with Crippen molar-refractivity contribution in [3.8, 4) is 0 Å². The molecule has 0 radical (unpaired) electrons. The highest BCUT2D eigenvalue weighted by Gasteiger charge is 2.08. The van der Waals surface area contributed by atoms with Crippen LogP contribution < -0.4 is 0 Å². The Morgan fingerprint density at radius 3 is 2.24 bits per heavy atom. The third-order valence-corrected chi connectivity index (χ3v) is 4.92. The summed E-state index contributed by atoms with van der Waals surface area (Å²) in [6.45, 7) is 2.96. The van der Waals surface area contributed by atoms with E-state index in [4.69, 9.17) is 9.47 Å². The number of carbonyl (C=O) groups is 2.